The third-order valence-electron chi connectivity index (χ3n) is 4.57. The van der Waals surface area contributed by atoms with E-state index in [0.29, 0.717) is 18.7 Å². The third-order valence-corrected chi connectivity index (χ3v) is 6.80. The fourth-order valence-electron chi connectivity index (χ4n) is 3.16. The molecule has 28 heavy (non-hydrogen) atoms. The largest absolute Gasteiger partial charge is 0.465 e. The second-order valence-electron chi connectivity index (χ2n) is 6.45. The first-order valence-corrected chi connectivity index (χ1v) is 10.4. The number of amides is 1. The molecule has 0 bridgehead atoms. The Morgan fingerprint density at radius 3 is 1.86 bits per heavy atom. The molecule has 1 heterocycles. The van der Waals surface area contributed by atoms with Crippen molar-refractivity contribution < 1.29 is 14.3 Å². The van der Waals surface area contributed by atoms with Crippen molar-refractivity contribution in [3.8, 4) is 0 Å². The number of carbonyl (C=O) groups excluding carboxylic acids is 2. The maximum atomic E-state index is 12.3. The number of hydrogen-bond acceptors (Lipinski definition) is 3. The van der Waals surface area contributed by atoms with Crippen LogP contribution in [0.4, 0.5) is 5.69 Å². The number of hydrogen-bond donors (Lipinski definition) is 1. The van der Waals surface area contributed by atoms with E-state index in [1.165, 1.54) is 9.79 Å². The maximum Gasteiger partial charge on any atom is 0.318 e. The van der Waals surface area contributed by atoms with Crippen LogP contribution < -0.4 is 5.32 Å². The van der Waals surface area contributed by atoms with Crippen molar-refractivity contribution >= 4 is 28.5 Å². The summed E-state index contributed by atoms with van der Waals surface area (Å²) in [6.45, 7) is 0.312. The number of cyclic esters (lactones) is 1. The molecule has 1 unspecified atom stereocenters. The van der Waals surface area contributed by atoms with Gasteiger partial charge in [0, 0.05) is 12.1 Å². The summed E-state index contributed by atoms with van der Waals surface area (Å²) in [4.78, 5) is 27.5. The van der Waals surface area contributed by atoms with Crippen LogP contribution in [0.1, 0.15) is 6.42 Å². The van der Waals surface area contributed by atoms with Gasteiger partial charge in [0.2, 0.25) is 5.91 Å². The fourth-order valence-corrected chi connectivity index (χ4v) is 5.24. The average Bonchev–Trinajstić information content (AvgIpc) is 3.17. The van der Waals surface area contributed by atoms with Gasteiger partial charge in [-0.15, -0.1) is 0 Å². The first kappa shape index (κ1) is 18.3. The number of ether oxygens (including phenoxy) is 1. The van der Waals surface area contributed by atoms with Crippen molar-refractivity contribution in [1.29, 1.82) is 0 Å². The number of rotatable bonds is 5. The molecule has 1 aliphatic rings. The lowest BCUT2D eigenvalue weighted by Crippen LogP contribution is -2.26. The molecule has 0 aliphatic carbocycles. The zero-order valence-electron chi connectivity index (χ0n) is 15.2. The minimum absolute atomic E-state index is 0.230. The van der Waals surface area contributed by atoms with E-state index in [-0.39, 0.29) is 16.8 Å². The van der Waals surface area contributed by atoms with Gasteiger partial charge in [0.05, 0.1) is 17.5 Å². The summed E-state index contributed by atoms with van der Waals surface area (Å²) in [7, 11) is -0.230. The van der Waals surface area contributed by atoms with Crippen molar-refractivity contribution in [3.05, 3.63) is 84.9 Å². The first-order valence-electron chi connectivity index (χ1n) is 9.14. The monoisotopic (exact) mass is 390 g/mol. The van der Waals surface area contributed by atoms with Crippen molar-refractivity contribution in [3.63, 3.8) is 0 Å². The lowest BCUT2D eigenvalue weighted by atomic mass is 10.1. The highest BCUT2D eigenvalue weighted by Gasteiger charge is 2.33. The summed E-state index contributed by atoms with van der Waals surface area (Å²) < 4.78 is 4.87. The van der Waals surface area contributed by atoms with Crippen LogP contribution in [0.15, 0.2) is 99.6 Å². The number of carbonyl (C=O) groups is 2. The summed E-state index contributed by atoms with van der Waals surface area (Å²) in [6, 6.07) is 28.6. The highest BCUT2D eigenvalue weighted by Crippen LogP contribution is 2.31. The Balaban J connectivity index is 1.58. The SMILES string of the molecule is O=C(Nc1ccc([S+](c2ccccc2)c2ccccc2)cc1)C1CCOC1=O. The quantitative estimate of drug-likeness (QED) is 0.402. The molecular weight excluding hydrogens is 370 g/mol. The number of nitrogens with one attached hydrogen (secondary N) is 1. The summed E-state index contributed by atoms with van der Waals surface area (Å²) >= 11 is 0. The molecule has 1 N–H and O–H groups in total. The van der Waals surface area contributed by atoms with Crippen LogP contribution >= 0.6 is 0 Å². The topological polar surface area (TPSA) is 55.4 Å². The molecule has 4 rings (SSSR count). The Morgan fingerprint density at radius 2 is 1.36 bits per heavy atom. The Morgan fingerprint density at radius 1 is 0.821 bits per heavy atom. The predicted octanol–water partition coefficient (Wildman–Crippen LogP) is 4.28. The van der Waals surface area contributed by atoms with Crippen molar-refractivity contribution in [2.75, 3.05) is 11.9 Å². The van der Waals surface area contributed by atoms with Crippen molar-refractivity contribution in [2.45, 2.75) is 21.1 Å². The van der Waals surface area contributed by atoms with E-state index in [4.69, 9.17) is 4.74 Å². The van der Waals surface area contributed by atoms with Gasteiger partial charge in [-0.3, -0.25) is 9.59 Å². The van der Waals surface area contributed by atoms with E-state index in [1.54, 1.807) is 0 Å². The average molecular weight is 390 g/mol. The zero-order valence-corrected chi connectivity index (χ0v) is 16.0. The molecule has 1 fully saturated rings. The highest BCUT2D eigenvalue weighted by molar-refractivity contribution is 7.97. The summed E-state index contributed by atoms with van der Waals surface area (Å²) in [5, 5.41) is 2.82. The lowest BCUT2D eigenvalue weighted by Gasteiger charge is -2.10. The predicted molar refractivity (Wildman–Crippen MR) is 109 cm³/mol. The summed E-state index contributed by atoms with van der Waals surface area (Å²) in [6.07, 6.45) is 0.439. The third kappa shape index (κ3) is 3.94. The van der Waals surface area contributed by atoms with E-state index < -0.39 is 11.9 Å². The number of anilines is 1. The van der Waals surface area contributed by atoms with E-state index in [0.717, 1.165) is 4.90 Å². The molecule has 1 saturated heterocycles. The summed E-state index contributed by atoms with van der Waals surface area (Å²) in [5.41, 5.74) is 0.679. The molecule has 0 spiro atoms. The van der Waals surface area contributed by atoms with Gasteiger partial charge >= 0.3 is 5.97 Å². The molecule has 0 radical (unpaired) electrons. The molecule has 4 nitrogen and oxygen atoms in total. The van der Waals surface area contributed by atoms with E-state index in [9.17, 15) is 9.59 Å². The van der Waals surface area contributed by atoms with Gasteiger partial charge in [0.25, 0.3) is 0 Å². The fraction of sp³-hybridized carbons (Fsp3) is 0.130. The van der Waals surface area contributed by atoms with E-state index >= 15 is 0 Å². The van der Waals surface area contributed by atoms with Crippen LogP contribution in [0.5, 0.6) is 0 Å². The second kappa shape index (κ2) is 8.31. The minimum atomic E-state index is -0.706. The molecule has 1 amide bonds. The molecule has 0 aromatic heterocycles. The molecule has 1 atom stereocenters. The smallest absolute Gasteiger partial charge is 0.318 e. The van der Waals surface area contributed by atoms with Gasteiger partial charge in [-0.1, -0.05) is 36.4 Å². The van der Waals surface area contributed by atoms with Crippen LogP contribution in [0.2, 0.25) is 0 Å². The van der Waals surface area contributed by atoms with E-state index in [1.807, 2.05) is 60.7 Å². The molecule has 3 aromatic rings. The van der Waals surface area contributed by atoms with Crippen LogP contribution in [0.3, 0.4) is 0 Å². The summed E-state index contributed by atoms with van der Waals surface area (Å²) in [5.74, 6) is -1.45. The van der Waals surface area contributed by atoms with Crippen LogP contribution in [-0.2, 0) is 25.2 Å². The number of benzene rings is 3. The van der Waals surface area contributed by atoms with Gasteiger partial charge in [-0.2, -0.15) is 0 Å². The zero-order chi connectivity index (χ0) is 19.3. The second-order valence-corrected chi connectivity index (χ2v) is 8.48. The molecule has 5 heteroatoms. The van der Waals surface area contributed by atoms with Crippen LogP contribution in [0.25, 0.3) is 0 Å². The maximum absolute atomic E-state index is 12.3. The van der Waals surface area contributed by atoms with Crippen molar-refractivity contribution in [2.24, 2.45) is 5.92 Å². The van der Waals surface area contributed by atoms with Gasteiger partial charge in [0.1, 0.15) is 5.92 Å². The Kier molecular flexibility index (Phi) is 5.44. The molecule has 140 valence electrons. The molecule has 0 saturated carbocycles. The normalized spacial score (nSPS) is 16.0. The standard InChI is InChI=1S/C23H19NO3S/c25-22(21-15-16-27-23(21)26)24-17-11-13-20(14-12-17)28(18-7-3-1-4-8-18)19-9-5-2-6-10-19/h1-14,21H,15-16H2/p+1. The van der Waals surface area contributed by atoms with E-state index in [2.05, 4.69) is 29.6 Å². The van der Waals surface area contributed by atoms with Crippen LogP contribution in [0, 0.1) is 5.92 Å². The highest BCUT2D eigenvalue weighted by atomic mass is 32.2. The Hall–Kier alpha value is -3.05. The van der Waals surface area contributed by atoms with Gasteiger partial charge in [-0.25, -0.2) is 0 Å². The van der Waals surface area contributed by atoms with Gasteiger partial charge < -0.3 is 10.1 Å². The molecule has 3 aromatic carbocycles. The van der Waals surface area contributed by atoms with Gasteiger partial charge in [0.15, 0.2) is 14.7 Å². The minimum Gasteiger partial charge on any atom is -0.465 e. The lowest BCUT2D eigenvalue weighted by molar-refractivity contribution is -0.143. The Bertz CT molecular complexity index is 919. The molecule has 1 aliphatic heterocycles. The van der Waals surface area contributed by atoms with Crippen LogP contribution in [-0.4, -0.2) is 18.5 Å². The first-order chi connectivity index (χ1) is 13.7. The number of esters is 1. The van der Waals surface area contributed by atoms with Crippen molar-refractivity contribution in [1.82, 2.24) is 0 Å². The Labute approximate surface area is 166 Å². The van der Waals surface area contributed by atoms with Gasteiger partial charge in [-0.05, 0) is 48.5 Å². The molecular formula is C23H20NO3S+.